The smallest absolute Gasteiger partial charge is 0.244 e. The molecule has 0 bridgehead atoms. The summed E-state index contributed by atoms with van der Waals surface area (Å²) in [5, 5.41) is 4.56. The van der Waals surface area contributed by atoms with E-state index in [-0.39, 0.29) is 5.91 Å². The third-order valence-corrected chi connectivity index (χ3v) is 5.29. The van der Waals surface area contributed by atoms with Crippen molar-refractivity contribution in [2.24, 2.45) is 0 Å². The van der Waals surface area contributed by atoms with Gasteiger partial charge in [0.2, 0.25) is 5.91 Å². The van der Waals surface area contributed by atoms with E-state index in [1.54, 1.807) is 19.4 Å². The molecular formula is C24H27ClN2O3. The highest BCUT2D eigenvalue weighted by Crippen LogP contribution is 2.40. The molecule has 1 heterocycles. The first-order chi connectivity index (χ1) is 14.3. The first kappa shape index (κ1) is 21.9. The largest absolute Gasteiger partial charge is 0.496 e. The maximum Gasteiger partial charge on any atom is 0.244 e. The van der Waals surface area contributed by atoms with Gasteiger partial charge >= 0.3 is 0 Å². The standard InChI is InChI=1S/C24H27ClN2O3/c1-15(12-22(28)26-10-11-27(3)4)19-13-20-21(17-6-8-18(25)9-7-17)14-30-24(20)16(2)23(19)29-5/h6-9,12-14H,10-11H2,1-5H3,(H,26,28)/b15-12+. The average Bonchev–Trinajstić information content (AvgIpc) is 3.12. The number of furan rings is 1. The average molecular weight is 427 g/mol. The molecule has 0 radical (unpaired) electrons. The third kappa shape index (κ3) is 4.69. The Labute approximate surface area is 182 Å². The van der Waals surface area contributed by atoms with E-state index in [4.69, 9.17) is 20.8 Å². The Kier molecular flexibility index (Phi) is 6.85. The van der Waals surface area contributed by atoms with Crippen molar-refractivity contribution in [3.8, 4) is 16.9 Å². The number of halogens is 1. The van der Waals surface area contributed by atoms with Crippen molar-refractivity contribution >= 4 is 34.1 Å². The molecule has 0 unspecified atom stereocenters. The van der Waals surface area contributed by atoms with Gasteiger partial charge in [-0.1, -0.05) is 23.7 Å². The van der Waals surface area contributed by atoms with Crippen molar-refractivity contribution < 1.29 is 13.9 Å². The molecule has 1 amide bonds. The van der Waals surface area contributed by atoms with E-state index in [9.17, 15) is 4.79 Å². The van der Waals surface area contributed by atoms with Crippen LogP contribution in [0, 0.1) is 6.92 Å². The summed E-state index contributed by atoms with van der Waals surface area (Å²) < 4.78 is 11.6. The summed E-state index contributed by atoms with van der Waals surface area (Å²) in [7, 11) is 5.57. The van der Waals surface area contributed by atoms with Crippen molar-refractivity contribution in [3.63, 3.8) is 0 Å². The zero-order valence-electron chi connectivity index (χ0n) is 18.0. The van der Waals surface area contributed by atoms with E-state index in [0.29, 0.717) is 17.3 Å². The van der Waals surface area contributed by atoms with Gasteiger partial charge in [0.25, 0.3) is 0 Å². The first-order valence-electron chi connectivity index (χ1n) is 9.77. The van der Waals surface area contributed by atoms with Crippen molar-refractivity contribution in [2.45, 2.75) is 13.8 Å². The van der Waals surface area contributed by atoms with E-state index in [1.807, 2.05) is 63.2 Å². The van der Waals surface area contributed by atoms with E-state index in [1.165, 1.54) is 0 Å². The summed E-state index contributed by atoms with van der Waals surface area (Å²) in [5.41, 5.74) is 5.33. The first-order valence-corrected chi connectivity index (χ1v) is 10.2. The van der Waals surface area contributed by atoms with Crippen molar-refractivity contribution in [1.29, 1.82) is 0 Å². The van der Waals surface area contributed by atoms with Gasteiger partial charge in [-0.05, 0) is 57.3 Å². The van der Waals surface area contributed by atoms with Gasteiger partial charge in [-0.2, -0.15) is 0 Å². The van der Waals surface area contributed by atoms with Crippen LogP contribution in [-0.4, -0.2) is 45.1 Å². The Balaban J connectivity index is 2.03. The molecular weight excluding hydrogens is 400 g/mol. The lowest BCUT2D eigenvalue weighted by atomic mass is 9.96. The lowest BCUT2D eigenvalue weighted by molar-refractivity contribution is -0.116. The molecule has 3 rings (SSSR count). The van der Waals surface area contributed by atoms with Gasteiger partial charge < -0.3 is 19.4 Å². The second kappa shape index (κ2) is 9.37. The number of nitrogens with zero attached hydrogens (tertiary/aromatic N) is 1. The molecule has 0 aliphatic rings. The van der Waals surface area contributed by atoms with E-state index in [0.717, 1.165) is 45.3 Å². The minimum absolute atomic E-state index is 0.126. The van der Waals surface area contributed by atoms with Gasteiger partial charge in [0, 0.05) is 46.3 Å². The van der Waals surface area contributed by atoms with Crippen LogP contribution in [0.2, 0.25) is 5.02 Å². The van der Waals surface area contributed by atoms with Gasteiger partial charge in [0.1, 0.15) is 11.3 Å². The van der Waals surface area contributed by atoms with Crippen LogP contribution in [0.25, 0.3) is 27.7 Å². The lowest BCUT2D eigenvalue weighted by Gasteiger charge is -2.14. The maximum absolute atomic E-state index is 12.3. The number of aryl methyl sites for hydroxylation is 1. The van der Waals surface area contributed by atoms with E-state index >= 15 is 0 Å². The van der Waals surface area contributed by atoms with Gasteiger partial charge in [0.15, 0.2) is 0 Å². The quantitative estimate of drug-likeness (QED) is 0.531. The Morgan fingerprint density at radius 1 is 1.27 bits per heavy atom. The van der Waals surface area contributed by atoms with Crippen molar-refractivity contribution in [2.75, 3.05) is 34.3 Å². The highest BCUT2D eigenvalue weighted by atomic mass is 35.5. The van der Waals surface area contributed by atoms with Crippen LogP contribution in [0.1, 0.15) is 18.1 Å². The fraction of sp³-hybridized carbons (Fsp3) is 0.292. The zero-order chi connectivity index (χ0) is 21.8. The number of carbonyl (C=O) groups excluding carboxylic acids is 1. The molecule has 0 aliphatic heterocycles. The summed E-state index contributed by atoms with van der Waals surface area (Å²) >= 11 is 6.04. The summed E-state index contributed by atoms with van der Waals surface area (Å²) in [6.45, 7) is 5.25. The Morgan fingerprint density at radius 2 is 1.97 bits per heavy atom. The number of methoxy groups -OCH3 is 1. The van der Waals surface area contributed by atoms with Crippen molar-refractivity contribution in [3.05, 3.63) is 58.8 Å². The number of hydrogen-bond donors (Lipinski definition) is 1. The van der Waals surface area contributed by atoms with Crippen LogP contribution < -0.4 is 10.1 Å². The number of ether oxygens (including phenoxy) is 1. The second-order valence-corrected chi connectivity index (χ2v) is 7.97. The number of amides is 1. The molecule has 6 heteroatoms. The predicted octanol–water partition coefficient (Wildman–Crippen LogP) is 5.15. The number of benzene rings is 2. The number of rotatable bonds is 7. The fourth-order valence-corrected chi connectivity index (χ4v) is 3.58. The summed E-state index contributed by atoms with van der Waals surface area (Å²) in [5.74, 6) is 0.577. The zero-order valence-corrected chi connectivity index (χ0v) is 18.8. The van der Waals surface area contributed by atoms with Crippen molar-refractivity contribution in [1.82, 2.24) is 10.2 Å². The summed E-state index contributed by atoms with van der Waals surface area (Å²) in [6.07, 6.45) is 3.36. The number of fused-ring (bicyclic) bond motifs is 1. The summed E-state index contributed by atoms with van der Waals surface area (Å²) in [6, 6.07) is 9.67. The Bertz CT molecular complexity index is 1080. The molecule has 0 aliphatic carbocycles. The molecule has 158 valence electrons. The predicted molar refractivity (Wildman–Crippen MR) is 123 cm³/mol. The number of carbonyl (C=O) groups is 1. The second-order valence-electron chi connectivity index (χ2n) is 7.54. The molecule has 2 aromatic carbocycles. The van der Waals surface area contributed by atoms with E-state index in [2.05, 4.69) is 5.32 Å². The Hall–Kier alpha value is -2.76. The van der Waals surface area contributed by atoms with Crippen LogP contribution in [0.5, 0.6) is 5.75 Å². The highest BCUT2D eigenvalue weighted by Gasteiger charge is 2.18. The van der Waals surface area contributed by atoms with Crippen LogP contribution >= 0.6 is 11.6 Å². The molecule has 5 nitrogen and oxygen atoms in total. The molecule has 1 aromatic heterocycles. The highest BCUT2D eigenvalue weighted by molar-refractivity contribution is 6.30. The Morgan fingerprint density at radius 3 is 2.60 bits per heavy atom. The number of allylic oxidation sites excluding steroid dienone is 1. The molecule has 0 saturated carbocycles. The van der Waals surface area contributed by atoms with Crippen LogP contribution in [0.3, 0.4) is 0 Å². The van der Waals surface area contributed by atoms with Gasteiger partial charge in [-0.3, -0.25) is 4.79 Å². The van der Waals surface area contributed by atoms with Crippen LogP contribution in [0.4, 0.5) is 0 Å². The minimum Gasteiger partial charge on any atom is -0.496 e. The molecule has 0 saturated heterocycles. The SMILES string of the molecule is COc1c(/C(C)=C/C(=O)NCCN(C)C)cc2c(-c3ccc(Cl)cc3)coc2c1C. The molecule has 3 aromatic rings. The number of hydrogen-bond acceptors (Lipinski definition) is 4. The monoisotopic (exact) mass is 426 g/mol. The van der Waals surface area contributed by atoms with Gasteiger partial charge in [-0.25, -0.2) is 0 Å². The minimum atomic E-state index is -0.126. The lowest BCUT2D eigenvalue weighted by Crippen LogP contribution is -2.30. The molecule has 30 heavy (non-hydrogen) atoms. The normalized spacial score (nSPS) is 11.9. The number of likely N-dealkylation sites (N-methyl/N-ethyl adjacent to an activating group) is 1. The molecule has 0 spiro atoms. The van der Waals surface area contributed by atoms with E-state index < -0.39 is 0 Å². The van der Waals surface area contributed by atoms with Crippen LogP contribution in [0.15, 0.2) is 47.1 Å². The molecule has 1 N–H and O–H groups in total. The fourth-order valence-electron chi connectivity index (χ4n) is 3.45. The maximum atomic E-state index is 12.3. The molecule has 0 atom stereocenters. The molecule has 0 fully saturated rings. The van der Waals surface area contributed by atoms with Crippen LogP contribution in [-0.2, 0) is 4.79 Å². The summed E-state index contributed by atoms with van der Waals surface area (Å²) in [4.78, 5) is 14.4. The number of nitrogens with one attached hydrogen (secondary N) is 1. The van der Waals surface area contributed by atoms with Gasteiger partial charge in [-0.15, -0.1) is 0 Å². The third-order valence-electron chi connectivity index (χ3n) is 5.03. The van der Waals surface area contributed by atoms with Gasteiger partial charge in [0.05, 0.1) is 13.4 Å². The topological polar surface area (TPSA) is 54.7 Å².